The standard InChI is InChI=1S/C15H23FN2O2S/c1-12(13-5-4-6-14(16)11-13)18-21(19,20)10-8-15-7-2-3-9-17-15/h4-6,11-12,15,17-18H,2-3,7-10H2,1H3. The highest BCUT2D eigenvalue weighted by molar-refractivity contribution is 7.89. The number of sulfonamides is 1. The van der Waals surface area contributed by atoms with Crippen molar-refractivity contribution in [2.45, 2.75) is 44.7 Å². The molecule has 1 fully saturated rings. The van der Waals surface area contributed by atoms with Crippen LogP contribution in [-0.4, -0.2) is 26.8 Å². The summed E-state index contributed by atoms with van der Waals surface area (Å²) >= 11 is 0. The number of piperidine rings is 1. The molecule has 0 aromatic heterocycles. The molecule has 21 heavy (non-hydrogen) atoms. The average molecular weight is 314 g/mol. The number of rotatable bonds is 6. The zero-order chi connectivity index (χ0) is 15.3. The summed E-state index contributed by atoms with van der Waals surface area (Å²) in [5.74, 6) is -0.255. The van der Waals surface area contributed by atoms with Crippen molar-refractivity contribution in [1.29, 1.82) is 0 Å². The van der Waals surface area contributed by atoms with Gasteiger partial charge in [-0.05, 0) is 50.4 Å². The number of hydrogen-bond acceptors (Lipinski definition) is 3. The zero-order valence-electron chi connectivity index (χ0n) is 12.3. The smallest absolute Gasteiger partial charge is 0.212 e. The fraction of sp³-hybridized carbons (Fsp3) is 0.600. The van der Waals surface area contributed by atoms with Crippen LogP contribution < -0.4 is 10.0 Å². The maximum atomic E-state index is 13.2. The summed E-state index contributed by atoms with van der Waals surface area (Å²) in [6.45, 7) is 2.70. The molecule has 1 aliphatic rings. The molecule has 2 unspecified atom stereocenters. The Balaban J connectivity index is 1.87. The van der Waals surface area contributed by atoms with Gasteiger partial charge in [0.25, 0.3) is 0 Å². The Bertz CT molecular complexity index is 557. The fourth-order valence-corrected chi connectivity index (χ4v) is 4.03. The van der Waals surface area contributed by atoms with Gasteiger partial charge in [-0.15, -0.1) is 0 Å². The van der Waals surface area contributed by atoms with E-state index in [1.54, 1.807) is 19.1 Å². The predicted octanol–water partition coefficient (Wildman–Crippen LogP) is 2.34. The molecule has 2 N–H and O–H groups in total. The summed E-state index contributed by atoms with van der Waals surface area (Å²) in [4.78, 5) is 0. The van der Waals surface area contributed by atoms with Crippen molar-refractivity contribution in [3.05, 3.63) is 35.6 Å². The van der Waals surface area contributed by atoms with E-state index in [-0.39, 0.29) is 11.6 Å². The van der Waals surface area contributed by atoms with Gasteiger partial charge in [-0.2, -0.15) is 0 Å². The number of halogens is 1. The van der Waals surface area contributed by atoms with E-state index in [0.29, 0.717) is 18.0 Å². The second-order valence-corrected chi connectivity index (χ2v) is 7.52. The van der Waals surface area contributed by atoms with Gasteiger partial charge in [-0.3, -0.25) is 0 Å². The van der Waals surface area contributed by atoms with Crippen molar-refractivity contribution < 1.29 is 12.8 Å². The molecule has 118 valence electrons. The lowest BCUT2D eigenvalue weighted by Gasteiger charge is -2.23. The van der Waals surface area contributed by atoms with E-state index in [1.807, 2.05) is 0 Å². The molecule has 6 heteroatoms. The second kappa shape index (κ2) is 7.33. The van der Waals surface area contributed by atoms with E-state index in [0.717, 1.165) is 25.8 Å². The Labute approximate surface area is 126 Å². The summed E-state index contributed by atoms with van der Waals surface area (Å²) in [5, 5.41) is 3.34. The van der Waals surface area contributed by atoms with Crippen LogP contribution in [-0.2, 0) is 10.0 Å². The van der Waals surface area contributed by atoms with Crippen LogP contribution in [0.4, 0.5) is 4.39 Å². The molecule has 0 aliphatic carbocycles. The Morgan fingerprint density at radius 3 is 2.90 bits per heavy atom. The largest absolute Gasteiger partial charge is 0.314 e. The van der Waals surface area contributed by atoms with Crippen LogP contribution in [0.3, 0.4) is 0 Å². The first-order chi connectivity index (χ1) is 9.96. The van der Waals surface area contributed by atoms with E-state index in [2.05, 4.69) is 10.0 Å². The van der Waals surface area contributed by atoms with Crippen LogP contribution in [0.2, 0.25) is 0 Å². The molecule has 1 saturated heterocycles. The molecule has 2 rings (SSSR count). The molecule has 0 spiro atoms. The highest BCUT2D eigenvalue weighted by atomic mass is 32.2. The van der Waals surface area contributed by atoms with Crippen LogP contribution in [0.1, 0.15) is 44.2 Å². The van der Waals surface area contributed by atoms with Gasteiger partial charge in [0.2, 0.25) is 10.0 Å². The molecule has 0 bridgehead atoms. The van der Waals surface area contributed by atoms with Gasteiger partial charge in [-0.25, -0.2) is 17.5 Å². The van der Waals surface area contributed by atoms with Gasteiger partial charge < -0.3 is 5.32 Å². The summed E-state index contributed by atoms with van der Waals surface area (Å²) in [5.41, 5.74) is 0.634. The third-order valence-electron chi connectivity index (χ3n) is 3.85. The van der Waals surface area contributed by atoms with E-state index in [1.165, 1.54) is 12.1 Å². The molecule has 0 amide bonds. The van der Waals surface area contributed by atoms with Gasteiger partial charge in [0.1, 0.15) is 5.82 Å². The lowest BCUT2D eigenvalue weighted by Crippen LogP contribution is -2.37. The van der Waals surface area contributed by atoms with E-state index < -0.39 is 16.1 Å². The maximum Gasteiger partial charge on any atom is 0.212 e. The first-order valence-corrected chi connectivity index (χ1v) is 9.10. The number of nitrogens with one attached hydrogen (secondary N) is 2. The third kappa shape index (κ3) is 5.37. The molecule has 0 radical (unpaired) electrons. The maximum absolute atomic E-state index is 13.2. The Kier molecular flexibility index (Phi) is 5.72. The normalized spacial score (nSPS) is 21.1. The second-order valence-electron chi connectivity index (χ2n) is 5.65. The van der Waals surface area contributed by atoms with Gasteiger partial charge in [0.15, 0.2) is 0 Å². The van der Waals surface area contributed by atoms with Gasteiger partial charge >= 0.3 is 0 Å². The fourth-order valence-electron chi connectivity index (χ4n) is 2.64. The Morgan fingerprint density at radius 1 is 1.43 bits per heavy atom. The lowest BCUT2D eigenvalue weighted by atomic mass is 10.0. The Hall–Kier alpha value is -0.980. The first-order valence-electron chi connectivity index (χ1n) is 7.45. The molecule has 0 saturated carbocycles. The molecule has 4 nitrogen and oxygen atoms in total. The minimum atomic E-state index is -3.35. The van der Waals surface area contributed by atoms with Crippen molar-refractivity contribution >= 4 is 10.0 Å². The SMILES string of the molecule is CC(NS(=O)(=O)CCC1CCCCN1)c1cccc(F)c1. The quantitative estimate of drug-likeness (QED) is 0.847. The van der Waals surface area contributed by atoms with Crippen LogP contribution in [0.15, 0.2) is 24.3 Å². The Morgan fingerprint density at radius 2 is 2.24 bits per heavy atom. The van der Waals surface area contributed by atoms with Crippen molar-refractivity contribution in [3.63, 3.8) is 0 Å². The monoisotopic (exact) mass is 314 g/mol. The molecular weight excluding hydrogens is 291 g/mol. The van der Waals surface area contributed by atoms with Gasteiger partial charge in [0.05, 0.1) is 5.75 Å². The van der Waals surface area contributed by atoms with E-state index >= 15 is 0 Å². The minimum Gasteiger partial charge on any atom is -0.314 e. The summed E-state index contributed by atoms with van der Waals surface area (Å²) in [6.07, 6.45) is 3.98. The van der Waals surface area contributed by atoms with Gasteiger partial charge in [0, 0.05) is 12.1 Å². The van der Waals surface area contributed by atoms with Crippen molar-refractivity contribution in [3.8, 4) is 0 Å². The van der Waals surface area contributed by atoms with Gasteiger partial charge in [-0.1, -0.05) is 18.6 Å². The number of benzene rings is 1. The van der Waals surface area contributed by atoms with Crippen LogP contribution in [0.25, 0.3) is 0 Å². The lowest BCUT2D eigenvalue weighted by molar-refractivity contribution is 0.392. The summed E-state index contributed by atoms with van der Waals surface area (Å²) < 4.78 is 40.0. The van der Waals surface area contributed by atoms with Crippen LogP contribution in [0, 0.1) is 5.82 Å². The van der Waals surface area contributed by atoms with Crippen LogP contribution >= 0.6 is 0 Å². The first kappa shape index (κ1) is 16.4. The van der Waals surface area contributed by atoms with Crippen molar-refractivity contribution in [2.75, 3.05) is 12.3 Å². The zero-order valence-corrected chi connectivity index (χ0v) is 13.1. The van der Waals surface area contributed by atoms with Crippen molar-refractivity contribution in [2.24, 2.45) is 0 Å². The molecule has 1 aliphatic heterocycles. The summed E-state index contributed by atoms with van der Waals surface area (Å²) in [6, 6.07) is 5.88. The minimum absolute atomic E-state index is 0.102. The van der Waals surface area contributed by atoms with E-state index in [4.69, 9.17) is 0 Å². The number of hydrogen-bond donors (Lipinski definition) is 2. The molecule has 1 heterocycles. The molecular formula is C15H23FN2O2S. The highest BCUT2D eigenvalue weighted by Crippen LogP contribution is 2.16. The average Bonchev–Trinajstić information content (AvgIpc) is 2.46. The highest BCUT2D eigenvalue weighted by Gasteiger charge is 2.19. The summed E-state index contributed by atoms with van der Waals surface area (Å²) in [7, 11) is -3.35. The van der Waals surface area contributed by atoms with Crippen LogP contribution in [0.5, 0.6) is 0 Å². The third-order valence-corrected chi connectivity index (χ3v) is 5.34. The van der Waals surface area contributed by atoms with Crippen molar-refractivity contribution in [1.82, 2.24) is 10.0 Å². The molecule has 1 aromatic carbocycles. The molecule has 1 aromatic rings. The topological polar surface area (TPSA) is 58.2 Å². The molecule has 2 atom stereocenters. The predicted molar refractivity (Wildman–Crippen MR) is 82.0 cm³/mol. The van der Waals surface area contributed by atoms with E-state index in [9.17, 15) is 12.8 Å².